The maximum Gasteiger partial charge on any atom is 0.271 e. The molecule has 4 heterocycles. The lowest BCUT2D eigenvalue weighted by molar-refractivity contribution is 0.589. The van der Waals surface area contributed by atoms with E-state index < -0.39 is 10.0 Å². The number of nitrogens with zero attached hydrogens (tertiary/aromatic N) is 5. The lowest BCUT2D eigenvalue weighted by Crippen LogP contribution is -2.43. The third kappa shape index (κ3) is 4.04. The Balaban J connectivity index is 1.34. The van der Waals surface area contributed by atoms with Crippen molar-refractivity contribution in [3.63, 3.8) is 0 Å². The average Bonchev–Trinajstić information content (AvgIpc) is 3.33. The molecule has 0 saturated carbocycles. The smallest absolute Gasteiger partial charge is 0.271 e. The molecule has 5 aromatic rings. The second-order valence-corrected chi connectivity index (χ2v) is 10.6. The molecule has 182 valence electrons. The van der Waals surface area contributed by atoms with Gasteiger partial charge in [-0.3, -0.25) is 4.98 Å². The molecule has 0 spiro atoms. The second-order valence-electron chi connectivity index (χ2n) is 8.84. The highest BCUT2D eigenvalue weighted by molar-refractivity contribution is 7.90. The molecule has 0 unspecified atom stereocenters. The summed E-state index contributed by atoms with van der Waals surface area (Å²) in [6, 6.07) is 17.0. The molecule has 10 heteroatoms. The quantitative estimate of drug-likeness (QED) is 0.377. The fraction of sp³-hybridized carbons (Fsp3) is 0.192. The Bertz CT molecular complexity index is 1670. The summed E-state index contributed by atoms with van der Waals surface area (Å²) in [6.45, 7) is 5.78. The molecular formula is C26H25N7O2S. The molecule has 1 saturated heterocycles. The third-order valence-corrected chi connectivity index (χ3v) is 8.03. The van der Waals surface area contributed by atoms with Crippen LogP contribution in [0.5, 0.6) is 0 Å². The van der Waals surface area contributed by atoms with Gasteiger partial charge in [-0.25, -0.2) is 17.4 Å². The first-order valence-corrected chi connectivity index (χ1v) is 13.2. The van der Waals surface area contributed by atoms with Crippen LogP contribution in [0.4, 0.5) is 17.3 Å². The van der Waals surface area contributed by atoms with Gasteiger partial charge >= 0.3 is 0 Å². The first-order valence-electron chi connectivity index (χ1n) is 11.8. The Labute approximate surface area is 208 Å². The van der Waals surface area contributed by atoms with Gasteiger partial charge < -0.3 is 15.5 Å². The fourth-order valence-electron chi connectivity index (χ4n) is 4.56. The van der Waals surface area contributed by atoms with Crippen molar-refractivity contribution < 1.29 is 8.42 Å². The van der Waals surface area contributed by atoms with Gasteiger partial charge in [0.2, 0.25) is 5.95 Å². The van der Waals surface area contributed by atoms with Crippen LogP contribution in [0.1, 0.15) is 5.56 Å². The van der Waals surface area contributed by atoms with Gasteiger partial charge in [0.1, 0.15) is 4.90 Å². The van der Waals surface area contributed by atoms with Crippen molar-refractivity contribution in [2.45, 2.75) is 11.8 Å². The number of benzene rings is 2. The van der Waals surface area contributed by atoms with Crippen LogP contribution >= 0.6 is 0 Å². The summed E-state index contributed by atoms with van der Waals surface area (Å²) < 4.78 is 28.7. The van der Waals surface area contributed by atoms with Crippen molar-refractivity contribution in [2.24, 2.45) is 0 Å². The Morgan fingerprint density at radius 2 is 1.78 bits per heavy atom. The van der Waals surface area contributed by atoms with Crippen LogP contribution in [0.15, 0.2) is 78.1 Å². The van der Waals surface area contributed by atoms with E-state index in [0.717, 1.165) is 48.5 Å². The Morgan fingerprint density at radius 3 is 2.58 bits per heavy atom. The van der Waals surface area contributed by atoms with Crippen molar-refractivity contribution in [2.75, 3.05) is 36.4 Å². The first-order chi connectivity index (χ1) is 17.5. The molecular weight excluding hydrogens is 474 g/mol. The minimum absolute atomic E-state index is 0.146. The van der Waals surface area contributed by atoms with Crippen molar-refractivity contribution in [1.29, 1.82) is 0 Å². The summed E-state index contributed by atoms with van der Waals surface area (Å²) in [7, 11) is -3.95. The monoisotopic (exact) mass is 499 g/mol. The van der Waals surface area contributed by atoms with Gasteiger partial charge in [0.15, 0.2) is 5.65 Å². The highest BCUT2D eigenvalue weighted by atomic mass is 32.2. The Morgan fingerprint density at radius 1 is 0.972 bits per heavy atom. The van der Waals surface area contributed by atoms with Gasteiger partial charge in [-0.1, -0.05) is 6.07 Å². The fourth-order valence-corrected chi connectivity index (χ4v) is 6.12. The maximum absolute atomic E-state index is 13.8. The molecule has 0 bridgehead atoms. The number of hydrogen-bond acceptors (Lipinski definition) is 8. The molecule has 1 aliphatic heterocycles. The highest BCUT2D eigenvalue weighted by Gasteiger charge is 2.24. The molecule has 6 rings (SSSR count). The standard InChI is InChI=1S/C26H25N7O2S/c1-18-15-19-3-2-9-28-24(19)23(16-18)36(34,35)33-12-8-20-17-29-26(31-25(20)33)30-21-4-6-22(7-5-21)32-13-10-27-11-14-32/h2-9,12,15-17,27H,10-11,13-14H2,1H3,(H,29,30,31). The summed E-state index contributed by atoms with van der Waals surface area (Å²) >= 11 is 0. The lowest BCUT2D eigenvalue weighted by Gasteiger charge is -2.29. The number of aromatic nitrogens is 4. The zero-order chi connectivity index (χ0) is 24.7. The van der Waals surface area contributed by atoms with E-state index >= 15 is 0 Å². The van der Waals surface area contributed by atoms with Crippen LogP contribution in [-0.4, -0.2) is 53.5 Å². The minimum atomic E-state index is -3.95. The first kappa shape index (κ1) is 22.4. The maximum atomic E-state index is 13.8. The number of rotatable bonds is 5. The van der Waals surface area contributed by atoms with E-state index in [1.807, 2.05) is 31.2 Å². The van der Waals surface area contributed by atoms with E-state index in [-0.39, 0.29) is 4.90 Å². The van der Waals surface area contributed by atoms with Gasteiger partial charge in [0.25, 0.3) is 10.0 Å². The number of fused-ring (bicyclic) bond motifs is 2. The van der Waals surface area contributed by atoms with Gasteiger partial charge in [-0.2, -0.15) is 4.98 Å². The van der Waals surface area contributed by atoms with Gasteiger partial charge in [-0.05, 0) is 61.0 Å². The van der Waals surface area contributed by atoms with Gasteiger partial charge in [-0.15, -0.1) is 0 Å². The number of pyridine rings is 1. The van der Waals surface area contributed by atoms with Crippen molar-refractivity contribution in [3.8, 4) is 0 Å². The van der Waals surface area contributed by atoms with Crippen LogP contribution < -0.4 is 15.5 Å². The summed E-state index contributed by atoms with van der Waals surface area (Å²) in [4.78, 5) is 15.8. The number of nitrogens with one attached hydrogen (secondary N) is 2. The molecule has 9 nitrogen and oxygen atoms in total. The number of hydrogen-bond donors (Lipinski definition) is 2. The lowest BCUT2D eigenvalue weighted by atomic mass is 10.1. The molecule has 3 aromatic heterocycles. The van der Waals surface area contributed by atoms with Crippen molar-refractivity contribution >= 4 is 49.3 Å². The van der Waals surface area contributed by atoms with E-state index in [2.05, 4.69) is 42.6 Å². The summed E-state index contributed by atoms with van der Waals surface area (Å²) in [6.07, 6.45) is 4.73. The molecule has 0 atom stereocenters. The molecule has 0 radical (unpaired) electrons. The molecule has 36 heavy (non-hydrogen) atoms. The van der Waals surface area contributed by atoms with Crippen LogP contribution in [0.2, 0.25) is 0 Å². The van der Waals surface area contributed by atoms with Crippen LogP contribution in [0.3, 0.4) is 0 Å². The predicted octanol–water partition coefficient (Wildman–Crippen LogP) is 3.68. The third-order valence-electron chi connectivity index (χ3n) is 6.35. The number of piperazine rings is 1. The molecule has 0 aliphatic carbocycles. The van der Waals surface area contributed by atoms with Crippen molar-refractivity contribution in [1.82, 2.24) is 24.2 Å². The van der Waals surface area contributed by atoms with Crippen LogP contribution in [0.25, 0.3) is 21.9 Å². The van der Waals surface area contributed by atoms with E-state index in [4.69, 9.17) is 0 Å². The largest absolute Gasteiger partial charge is 0.369 e. The average molecular weight is 500 g/mol. The minimum Gasteiger partial charge on any atom is -0.369 e. The van der Waals surface area contributed by atoms with E-state index in [1.54, 1.807) is 30.6 Å². The molecule has 2 N–H and O–H groups in total. The zero-order valence-corrected chi connectivity index (χ0v) is 20.5. The van der Waals surface area contributed by atoms with Gasteiger partial charge in [0, 0.05) is 66.9 Å². The predicted molar refractivity (Wildman–Crippen MR) is 141 cm³/mol. The summed E-state index contributed by atoms with van der Waals surface area (Å²) in [5.41, 5.74) is 3.56. The SMILES string of the molecule is Cc1cc(S(=O)(=O)n2ccc3cnc(Nc4ccc(N5CCNCC5)cc4)nc32)c2ncccc2c1. The van der Waals surface area contributed by atoms with E-state index in [1.165, 1.54) is 10.2 Å². The van der Waals surface area contributed by atoms with Gasteiger partial charge in [0.05, 0.1) is 5.52 Å². The second kappa shape index (κ2) is 8.89. The van der Waals surface area contributed by atoms with Crippen LogP contribution in [0, 0.1) is 6.92 Å². The molecule has 0 amide bonds. The molecule has 2 aromatic carbocycles. The Hall–Kier alpha value is -4.02. The van der Waals surface area contributed by atoms with Crippen molar-refractivity contribution in [3.05, 3.63) is 78.8 Å². The topological polar surface area (TPSA) is 105 Å². The Kier molecular flexibility index (Phi) is 5.54. The van der Waals surface area contributed by atoms with E-state index in [0.29, 0.717) is 22.5 Å². The molecule has 1 fully saturated rings. The highest BCUT2D eigenvalue weighted by Crippen LogP contribution is 2.28. The summed E-state index contributed by atoms with van der Waals surface area (Å²) in [5, 5.41) is 7.96. The number of aryl methyl sites for hydroxylation is 1. The normalized spacial score (nSPS) is 14.4. The zero-order valence-electron chi connectivity index (χ0n) is 19.7. The number of anilines is 3. The summed E-state index contributed by atoms with van der Waals surface area (Å²) in [5.74, 6) is 0.319. The van der Waals surface area contributed by atoms with E-state index in [9.17, 15) is 8.42 Å². The van der Waals surface area contributed by atoms with Crippen LogP contribution in [-0.2, 0) is 10.0 Å². The molecule has 1 aliphatic rings.